The van der Waals surface area contributed by atoms with Gasteiger partial charge in [0.15, 0.2) is 0 Å². The molecule has 1 heterocycles. The van der Waals surface area contributed by atoms with Crippen LogP contribution in [0, 0.1) is 11.8 Å². The Bertz CT molecular complexity index is 166. The van der Waals surface area contributed by atoms with Crippen molar-refractivity contribution in [2.75, 3.05) is 39.5 Å². The van der Waals surface area contributed by atoms with Gasteiger partial charge in [-0.3, -0.25) is 4.90 Å². The van der Waals surface area contributed by atoms with Gasteiger partial charge in [0.2, 0.25) is 0 Å². The Hall–Kier alpha value is -0.160. The van der Waals surface area contributed by atoms with Crippen molar-refractivity contribution in [3.8, 4) is 0 Å². The van der Waals surface area contributed by atoms with E-state index in [1.54, 1.807) is 0 Å². The van der Waals surface area contributed by atoms with Gasteiger partial charge in [0.1, 0.15) is 0 Å². The van der Waals surface area contributed by atoms with Crippen LogP contribution in [-0.4, -0.2) is 55.5 Å². The Balaban J connectivity index is 2.62. The van der Waals surface area contributed by atoms with Crippen molar-refractivity contribution in [2.45, 2.75) is 19.9 Å². The van der Waals surface area contributed by atoms with E-state index in [2.05, 4.69) is 18.7 Å². The SMILES string of the molecule is CC(C)[C@@H]([C@H](CN)CO)N1CCOCC1. The largest absolute Gasteiger partial charge is 0.396 e. The number of morpholine rings is 1. The zero-order valence-electron chi connectivity index (χ0n) is 9.85. The molecule has 0 aromatic heterocycles. The standard InChI is InChI=1S/C11H24N2O2/c1-9(2)11(10(7-12)8-14)13-3-5-15-6-4-13/h9-11,14H,3-8,12H2,1-2H3/t10-,11+/m1/s1. The van der Waals surface area contributed by atoms with Gasteiger partial charge in [-0.25, -0.2) is 0 Å². The van der Waals surface area contributed by atoms with E-state index in [0.717, 1.165) is 26.3 Å². The molecule has 0 aromatic rings. The van der Waals surface area contributed by atoms with E-state index >= 15 is 0 Å². The molecule has 1 aliphatic heterocycles. The van der Waals surface area contributed by atoms with Crippen LogP contribution >= 0.6 is 0 Å². The number of aliphatic hydroxyl groups is 1. The smallest absolute Gasteiger partial charge is 0.0594 e. The minimum Gasteiger partial charge on any atom is -0.396 e. The summed E-state index contributed by atoms with van der Waals surface area (Å²) in [5.74, 6) is 0.701. The summed E-state index contributed by atoms with van der Waals surface area (Å²) in [5, 5.41) is 9.34. The van der Waals surface area contributed by atoms with Crippen LogP contribution < -0.4 is 5.73 Å². The second kappa shape index (κ2) is 6.43. The Labute approximate surface area is 92.4 Å². The van der Waals surface area contributed by atoms with E-state index in [1.807, 2.05) is 0 Å². The zero-order valence-corrected chi connectivity index (χ0v) is 9.85. The molecule has 2 atom stereocenters. The van der Waals surface area contributed by atoms with Crippen LogP contribution in [0.4, 0.5) is 0 Å². The average molecular weight is 216 g/mol. The van der Waals surface area contributed by atoms with Gasteiger partial charge in [0.25, 0.3) is 0 Å². The Morgan fingerprint density at radius 2 is 1.93 bits per heavy atom. The highest BCUT2D eigenvalue weighted by atomic mass is 16.5. The lowest BCUT2D eigenvalue weighted by Gasteiger charge is -2.40. The van der Waals surface area contributed by atoms with Gasteiger partial charge >= 0.3 is 0 Å². The fourth-order valence-corrected chi connectivity index (χ4v) is 2.46. The van der Waals surface area contributed by atoms with E-state index in [9.17, 15) is 5.11 Å². The molecule has 1 fully saturated rings. The molecule has 3 N–H and O–H groups in total. The fourth-order valence-electron chi connectivity index (χ4n) is 2.46. The van der Waals surface area contributed by atoms with Crippen molar-refractivity contribution in [1.82, 2.24) is 4.90 Å². The lowest BCUT2D eigenvalue weighted by molar-refractivity contribution is -0.0173. The summed E-state index contributed by atoms with van der Waals surface area (Å²) in [6.07, 6.45) is 0. The van der Waals surface area contributed by atoms with Crippen molar-refractivity contribution >= 4 is 0 Å². The maximum Gasteiger partial charge on any atom is 0.0594 e. The van der Waals surface area contributed by atoms with Crippen LogP contribution in [0.3, 0.4) is 0 Å². The Kier molecular flexibility index (Phi) is 5.53. The zero-order chi connectivity index (χ0) is 11.3. The number of hydrogen-bond acceptors (Lipinski definition) is 4. The van der Waals surface area contributed by atoms with Crippen LogP contribution in [0.25, 0.3) is 0 Å². The maximum absolute atomic E-state index is 9.34. The topological polar surface area (TPSA) is 58.7 Å². The van der Waals surface area contributed by atoms with Crippen molar-refractivity contribution in [3.05, 3.63) is 0 Å². The summed E-state index contributed by atoms with van der Waals surface area (Å²) in [7, 11) is 0. The van der Waals surface area contributed by atoms with Crippen LogP contribution in [0.15, 0.2) is 0 Å². The molecule has 0 aromatic carbocycles. The van der Waals surface area contributed by atoms with Crippen molar-refractivity contribution < 1.29 is 9.84 Å². The first-order chi connectivity index (χ1) is 7.20. The van der Waals surface area contributed by atoms with Crippen molar-refractivity contribution in [1.29, 1.82) is 0 Å². The molecular weight excluding hydrogens is 192 g/mol. The molecule has 1 aliphatic rings. The van der Waals surface area contributed by atoms with Gasteiger partial charge in [0.05, 0.1) is 13.2 Å². The van der Waals surface area contributed by atoms with Gasteiger partial charge in [0, 0.05) is 31.7 Å². The molecular formula is C11H24N2O2. The van der Waals surface area contributed by atoms with E-state index < -0.39 is 0 Å². The normalized spacial score (nSPS) is 23.0. The third kappa shape index (κ3) is 3.41. The Morgan fingerprint density at radius 1 is 1.33 bits per heavy atom. The summed E-state index contributed by atoms with van der Waals surface area (Å²) < 4.78 is 5.34. The molecule has 0 spiro atoms. The van der Waals surface area contributed by atoms with E-state index in [0.29, 0.717) is 18.5 Å². The first-order valence-corrected chi connectivity index (χ1v) is 5.83. The second-order valence-electron chi connectivity index (χ2n) is 4.56. The maximum atomic E-state index is 9.34. The van der Waals surface area contributed by atoms with Gasteiger partial charge in [-0.15, -0.1) is 0 Å². The van der Waals surface area contributed by atoms with Gasteiger partial charge in [-0.05, 0) is 12.5 Å². The van der Waals surface area contributed by atoms with E-state index in [4.69, 9.17) is 10.5 Å². The van der Waals surface area contributed by atoms with Crippen LogP contribution in [0.5, 0.6) is 0 Å². The molecule has 0 radical (unpaired) electrons. The summed E-state index contributed by atoms with van der Waals surface area (Å²) >= 11 is 0. The van der Waals surface area contributed by atoms with Gasteiger partial charge < -0.3 is 15.6 Å². The highest BCUT2D eigenvalue weighted by Gasteiger charge is 2.29. The van der Waals surface area contributed by atoms with Gasteiger partial charge in [-0.1, -0.05) is 13.8 Å². The number of aliphatic hydroxyl groups excluding tert-OH is 1. The number of nitrogens with two attached hydrogens (primary N) is 1. The molecule has 15 heavy (non-hydrogen) atoms. The number of rotatable bonds is 5. The minimum atomic E-state index is 0.177. The first kappa shape index (κ1) is 12.9. The van der Waals surface area contributed by atoms with Crippen molar-refractivity contribution in [3.63, 3.8) is 0 Å². The highest BCUT2D eigenvalue weighted by Crippen LogP contribution is 2.20. The van der Waals surface area contributed by atoms with Crippen LogP contribution in [-0.2, 0) is 4.74 Å². The van der Waals surface area contributed by atoms with Crippen molar-refractivity contribution in [2.24, 2.45) is 17.6 Å². The van der Waals surface area contributed by atoms with Crippen LogP contribution in [0.1, 0.15) is 13.8 Å². The van der Waals surface area contributed by atoms with Gasteiger partial charge in [-0.2, -0.15) is 0 Å². The molecule has 0 bridgehead atoms. The predicted molar refractivity (Wildman–Crippen MR) is 60.6 cm³/mol. The molecule has 90 valence electrons. The number of hydrogen-bond donors (Lipinski definition) is 2. The average Bonchev–Trinajstić information content (AvgIpc) is 2.26. The first-order valence-electron chi connectivity index (χ1n) is 5.83. The summed E-state index contributed by atoms with van der Waals surface area (Å²) in [4.78, 5) is 2.40. The minimum absolute atomic E-state index is 0.177. The lowest BCUT2D eigenvalue weighted by atomic mass is 9.89. The van der Waals surface area contributed by atoms with E-state index in [1.165, 1.54) is 0 Å². The summed E-state index contributed by atoms with van der Waals surface area (Å²) in [6, 6.07) is 0.379. The number of ether oxygens (including phenoxy) is 1. The monoisotopic (exact) mass is 216 g/mol. The van der Waals surface area contributed by atoms with E-state index in [-0.39, 0.29) is 12.5 Å². The third-order valence-electron chi connectivity index (χ3n) is 3.17. The highest BCUT2D eigenvalue weighted by molar-refractivity contribution is 4.83. The molecule has 1 saturated heterocycles. The third-order valence-corrected chi connectivity index (χ3v) is 3.17. The predicted octanol–water partition coefficient (Wildman–Crippen LogP) is -0.0896. The fraction of sp³-hybridized carbons (Fsp3) is 1.00. The molecule has 0 amide bonds. The quantitative estimate of drug-likeness (QED) is 0.674. The summed E-state index contributed by atoms with van der Waals surface area (Å²) in [6.45, 7) is 8.63. The molecule has 0 unspecified atom stereocenters. The second-order valence-corrected chi connectivity index (χ2v) is 4.56. The molecule has 0 aliphatic carbocycles. The Morgan fingerprint density at radius 3 is 2.33 bits per heavy atom. The molecule has 1 rings (SSSR count). The van der Waals surface area contributed by atoms with Crippen LogP contribution in [0.2, 0.25) is 0 Å². The summed E-state index contributed by atoms with van der Waals surface area (Å²) in [5.41, 5.74) is 5.71. The number of nitrogens with zero attached hydrogens (tertiary/aromatic N) is 1. The lowest BCUT2D eigenvalue weighted by Crippen LogP contribution is -2.52. The molecule has 4 nitrogen and oxygen atoms in total. The molecule has 0 saturated carbocycles. The molecule has 4 heteroatoms.